The van der Waals surface area contributed by atoms with E-state index in [2.05, 4.69) is 5.32 Å². The summed E-state index contributed by atoms with van der Waals surface area (Å²) in [7, 11) is 0. The lowest BCUT2D eigenvalue weighted by atomic mass is 10.1. The van der Waals surface area contributed by atoms with Crippen molar-refractivity contribution in [1.29, 1.82) is 0 Å². The first-order valence-corrected chi connectivity index (χ1v) is 4.36. The van der Waals surface area contributed by atoms with E-state index in [9.17, 15) is 4.79 Å². The van der Waals surface area contributed by atoms with Crippen molar-refractivity contribution in [3.05, 3.63) is 35.9 Å². The molecule has 1 aromatic carbocycles. The molecule has 1 heterocycles. The number of ether oxygens (including phenoxy) is 1. The second-order valence-corrected chi connectivity index (χ2v) is 3.02. The van der Waals surface area contributed by atoms with Crippen molar-refractivity contribution in [2.45, 2.75) is 12.5 Å². The first kappa shape index (κ1) is 8.10. The maximum absolute atomic E-state index is 10.9. The molecule has 0 aliphatic carbocycles. The van der Waals surface area contributed by atoms with Crippen LogP contribution in [0.1, 0.15) is 18.1 Å². The van der Waals surface area contributed by atoms with Gasteiger partial charge >= 0.3 is 6.09 Å². The van der Waals surface area contributed by atoms with E-state index in [4.69, 9.17) is 4.74 Å². The van der Waals surface area contributed by atoms with Gasteiger partial charge in [0.05, 0.1) is 0 Å². The molecule has 68 valence electrons. The number of hydrogen-bond acceptors (Lipinski definition) is 2. The predicted octanol–water partition coefficient (Wildman–Crippen LogP) is 1.86. The Labute approximate surface area is 76.7 Å². The third kappa shape index (κ3) is 1.80. The van der Waals surface area contributed by atoms with Crippen LogP contribution in [-0.2, 0) is 4.74 Å². The molecule has 0 saturated carbocycles. The lowest BCUT2D eigenvalue weighted by molar-refractivity contribution is 0.0739. The summed E-state index contributed by atoms with van der Waals surface area (Å²) < 4.78 is 5.12. The third-order valence-corrected chi connectivity index (χ3v) is 2.10. The van der Waals surface area contributed by atoms with Gasteiger partial charge in [0.15, 0.2) is 0 Å². The number of alkyl carbamates (subject to hydrolysis) is 1. The Hall–Kier alpha value is -1.51. The molecule has 3 heteroatoms. The van der Waals surface area contributed by atoms with Crippen molar-refractivity contribution in [2.75, 3.05) is 6.54 Å². The van der Waals surface area contributed by atoms with Gasteiger partial charge in [0.1, 0.15) is 6.10 Å². The third-order valence-electron chi connectivity index (χ3n) is 2.10. The molecule has 0 unspecified atom stereocenters. The van der Waals surface area contributed by atoms with Gasteiger partial charge in [-0.25, -0.2) is 4.79 Å². The Balaban J connectivity index is 2.13. The second kappa shape index (κ2) is 3.47. The second-order valence-electron chi connectivity index (χ2n) is 3.02. The first-order chi connectivity index (χ1) is 6.36. The number of hydrogen-bond donors (Lipinski definition) is 1. The van der Waals surface area contributed by atoms with Gasteiger partial charge in [0, 0.05) is 13.0 Å². The van der Waals surface area contributed by atoms with Gasteiger partial charge in [-0.2, -0.15) is 0 Å². The lowest BCUT2D eigenvalue weighted by Gasteiger charge is -2.23. The molecule has 1 saturated heterocycles. The Kier molecular flexibility index (Phi) is 2.17. The first-order valence-electron chi connectivity index (χ1n) is 4.36. The van der Waals surface area contributed by atoms with Crippen LogP contribution >= 0.6 is 0 Å². The molecule has 2 rings (SSSR count). The summed E-state index contributed by atoms with van der Waals surface area (Å²) in [6.45, 7) is 0.693. The smallest absolute Gasteiger partial charge is 0.407 e. The minimum Gasteiger partial charge on any atom is -0.441 e. The summed E-state index contributed by atoms with van der Waals surface area (Å²) in [4.78, 5) is 10.9. The quantitative estimate of drug-likeness (QED) is 0.711. The molecule has 1 atom stereocenters. The molecule has 1 aliphatic rings. The van der Waals surface area contributed by atoms with Crippen LogP contribution in [-0.4, -0.2) is 12.6 Å². The van der Waals surface area contributed by atoms with E-state index in [0.29, 0.717) is 6.54 Å². The molecular formula is C10H11NO2. The van der Waals surface area contributed by atoms with E-state index in [1.54, 1.807) is 0 Å². The summed E-state index contributed by atoms with van der Waals surface area (Å²) in [5.41, 5.74) is 1.07. The van der Waals surface area contributed by atoms with Gasteiger partial charge in [0.25, 0.3) is 0 Å². The van der Waals surface area contributed by atoms with Gasteiger partial charge in [-0.3, -0.25) is 0 Å². The van der Waals surface area contributed by atoms with E-state index >= 15 is 0 Å². The van der Waals surface area contributed by atoms with Gasteiger partial charge in [0.2, 0.25) is 0 Å². The fraction of sp³-hybridized carbons (Fsp3) is 0.300. The largest absolute Gasteiger partial charge is 0.441 e. The minimum absolute atomic E-state index is 0.0741. The highest BCUT2D eigenvalue weighted by molar-refractivity contribution is 5.68. The highest BCUT2D eigenvalue weighted by Crippen LogP contribution is 2.22. The fourth-order valence-electron chi connectivity index (χ4n) is 1.44. The lowest BCUT2D eigenvalue weighted by Crippen LogP contribution is -2.33. The number of cyclic esters (lactones) is 1. The fourth-order valence-corrected chi connectivity index (χ4v) is 1.44. The summed E-state index contributed by atoms with van der Waals surface area (Å²) >= 11 is 0. The molecule has 13 heavy (non-hydrogen) atoms. The highest BCUT2D eigenvalue weighted by Gasteiger charge is 2.20. The minimum atomic E-state index is -0.319. The number of carbonyl (C=O) groups is 1. The summed E-state index contributed by atoms with van der Waals surface area (Å²) in [5.74, 6) is 0. The molecule has 3 nitrogen and oxygen atoms in total. The summed E-state index contributed by atoms with van der Waals surface area (Å²) in [5, 5.41) is 2.62. The van der Waals surface area contributed by atoms with Gasteiger partial charge in [-0.05, 0) is 5.56 Å². The zero-order valence-electron chi connectivity index (χ0n) is 7.19. The monoisotopic (exact) mass is 177 g/mol. The number of nitrogens with one attached hydrogen (secondary N) is 1. The molecule has 1 N–H and O–H groups in total. The molecule has 1 aliphatic heterocycles. The van der Waals surface area contributed by atoms with Crippen LogP contribution in [0, 0.1) is 0 Å². The predicted molar refractivity (Wildman–Crippen MR) is 48.3 cm³/mol. The SMILES string of the molecule is O=C1NCC[C@H](c2ccccc2)O1. The summed E-state index contributed by atoms with van der Waals surface area (Å²) in [6.07, 6.45) is 0.450. The molecule has 0 spiro atoms. The zero-order valence-corrected chi connectivity index (χ0v) is 7.19. The topological polar surface area (TPSA) is 38.3 Å². The van der Waals surface area contributed by atoms with Gasteiger partial charge in [-0.15, -0.1) is 0 Å². The molecule has 1 amide bonds. The van der Waals surface area contributed by atoms with Gasteiger partial charge < -0.3 is 10.1 Å². The van der Waals surface area contributed by atoms with Crippen LogP contribution in [0.25, 0.3) is 0 Å². The molecule has 0 bridgehead atoms. The molecule has 1 fully saturated rings. The Morgan fingerprint density at radius 3 is 2.77 bits per heavy atom. The van der Waals surface area contributed by atoms with Crippen molar-refractivity contribution in [3.63, 3.8) is 0 Å². The van der Waals surface area contributed by atoms with Crippen LogP contribution in [0.3, 0.4) is 0 Å². The number of amides is 1. The van der Waals surface area contributed by atoms with Crippen molar-refractivity contribution in [1.82, 2.24) is 5.32 Å². The molecule has 1 aromatic rings. The maximum Gasteiger partial charge on any atom is 0.407 e. The normalized spacial score (nSPS) is 21.8. The Morgan fingerprint density at radius 1 is 1.31 bits per heavy atom. The molecule has 0 radical (unpaired) electrons. The zero-order chi connectivity index (χ0) is 9.10. The maximum atomic E-state index is 10.9. The van der Waals surface area contributed by atoms with Crippen LogP contribution in [0.4, 0.5) is 4.79 Å². The molecule has 0 aromatic heterocycles. The highest BCUT2D eigenvalue weighted by atomic mass is 16.6. The van der Waals surface area contributed by atoms with E-state index in [1.807, 2.05) is 30.3 Å². The van der Waals surface area contributed by atoms with Crippen molar-refractivity contribution in [2.24, 2.45) is 0 Å². The Bertz CT molecular complexity index is 297. The van der Waals surface area contributed by atoms with Gasteiger partial charge in [-0.1, -0.05) is 30.3 Å². The van der Waals surface area contributed by atoms with Crippen LogP contribution in [0.5, 0.6) is 0 Å². The van der Waals surface area contributed by atoms with Crippen LogP contribution in [0.2, 0.25) is 0 Å². The van der Waals surface area contributed by atoms with E-state index in [1.165, 1.54) is 0 Å². The van der Waals surface area contributed by atoms with Crippen LogP contribution < -0.4 is 5.32 Å². The number of benzene rings is 1. The number of carbonyl (C=O) groups excluding carboxylic acids is 1. The average Bonchev–Trinajstić information content (AvgIpc) is 2.19. The average molecular weight is 177 g/mol. The van der Waals surface area contributed by atoms with Crippen molar-refractivity contribution >= 4 is 6.09 Å². The van der Waals surface area contributed by atoms with E-state index in [-0.39, 0.29) is 12.2 Å². The van der Waals surface area contributed by atoms with E-state index in [0.717, 1.165) is 12.0 Å². The van der Waals surface area contributed by atoms with Crippen molar-refractivity contribution < 1.29 is 9.53 Å². The van der Waals surface area contributed by atoms with E-state index < -0.39 is 0 Å². The van der Waals surface area contributed by atoms with Crippen LogP contribution in [0.15, 0.2) is 30.3 Å². The Morgan fingerprint density at radius 2 is 2.08 bits per heavy atom. The van der Waals surface area contributed by atoms with Crippen molar-refractivity contribution in [3.8, 4) is 0 Å². The molecular weight excluding hydrogens is 166 g/mol. The number of rotatable bonds is 1. The summed E-state index contributed by atoms with van der Waals surface area (Å²) in [6, 6.07) is 9.80. The standard InChI is InChI=1S/C10H11NO2/c12-10-11-7-6-9(13-10)8-4-2-1-3-5-8/h1-5,9H,6-7H2,(H,11,12)/t9-/m1/s1.